The summed E-state index contributed by atoms with van der Waals surface area (Å²) in [6, 6.07) is 15.9. The number of halogens is 2. The molecule has 9 heteroatoms. The zero-order valence-electron chi connectivity index (χ0n) is 15.4. The van der Waals surface area contributed by atoms with Crippen LogP contribution in [0.1, 0.15) is 15.9 Å². The lowest BCUT2D eigenvalue weighted by Gasteiger charge is -2.10. The van der Waals surface area contributed by atoms with E-state index in [1.165, 1.54) is 6.07 Å². The van der Waals surface area contributed by atoms with Crippen molar-refractivity contribution in [1.29, 1.82) is 0 Å². The number of aromatic nitrogens is 2. The van der Waals surface area contributed by atoms with Crippen LogP contribution in [-0.2, 0) is 6.54 Å². The van der Waals surface area contributed by atoms with Crippen LogP contribution in [0.5, 0.6) is 0 Å². The first-order valence-electron chi connectivity index (χ1n) is 8.85. The first kappa shape index (κ1) is 20.3. The molecule has 1 amide bonds. The number of pyridine rings is 1. The fraction of sp³-hybridized carbons (Fsp3) is 0.0476. The molecule has 0 saturated heterocycles. The highest BCUT2D eigenvalue weighted by atomic mass is 35.5. The maximum absolute atomic E-state index is 12.3. The Bertz CT molecular complexity index is 1210. The van der Waals surface area contributed by atoms with Crippen molar-refractivity contribution in [2.45, 2.75) is 6.54 Å². The number of nitrogens with zero attached hydrogens (tertiary/aromatic N) is 2. The van der Waals surface area contributed by atoms with Gasteiger partial charge < -0.3 is 9.73 Å². The molecule has 0 unspecified atom stereocenters. The summed E-state index contributed by atoms with van der Waals surface area (Å²) < 4.78 is 5.72. The molecule has 6 nitrogen and oxygen atoms in total. The van der Waals surface area contributed by atoms with E-state index in [9.17, 15) is 4.79 Å². The topological polar surface area (TPSA) is 80.0 Å². The SMILES string of the molecule is O=C(NC(=S)NCc1ccc(-c2nc3ncccc3o2)cc1)c1ccc(Cl)cc1Cl. The molecule has 0 fully saturated rings. The van der Waals surface area contributed by atoms with Crippen LogP contribution in [-0.4, -0.2) is 21.0 Å². The number of hydrogen-bond donors (Lipinski definition) is 2. The number of nitrogens with one attached hydrogen (secondary N) is 2. The third kappa shape index (κ3) is 4.59. The van der Waals surface area contributed by atoms with Gasteiger partial charge in [-0.25, -0.2) is 4.98 Å². The fourth-order valence-corrected chi connectivity index (χ4v) is 3.39. The average Bonchev–Trinajstić information content (AvgIpc) is 3.17. The molecule has 4 rings (SSSR count). The van der Waals surface area contributed by atoms with E-state index in [0.717, 1.165) is 11.1 Å². The lowest BCUT2D eigenvalue weighted by Crippen LogP contribution is -2.38. The van der Waals surface area contributed by atoms with Gasteiger partial charge in [0.05, 0.1) is 10.6 Å². The minimum atomic E-state index is -0.408. The molecular weight excluding hydrogens is 443 g/mol. The minimum Gasteiger partial charge on any atom is -0.434 e. The highest BCUT2D eigenvalue weighted by Gasteiger charge is 2.12. The summed E-state index contributed by atoms with van der Waals surface area (Å²) in [7, 11) is 0. The van der Waals surface area contributed by atoms with Gasteiger partial charge in [-0.05, 0) is 60.2 Å². The van der Waals surface area contributed by atoms with Gasteiger partial charge in [-0.3, -0.25) is 10.1 Å². The van der Waals surface area contributed by atoms with Gasteiger partial charge in [-0.15, -0.1) is 0 Å². The van der Waals surface area contributed by atoms with Crippen LogP contribution in [0.2, 0.25) is 10.0 Å². The summed E-state index contributed by atoms with van der Waals surface area (Å²) in [6.45, 7) is 0.433. The van der Waals surface area contributed by atoms with E-state index in [1.807, 2.05) is 30.3 Å². The maximum atomic E-state index is 12.3. The third-order valence-corrected chi connectivity index (χ3v) is 5.02. The maximum Gasteiger partial charge on any atom is 0.258 e. The molecule has 0 atom stereocenters. The van der Waals surface area contributed by atoms with Gasteiger partial charge in [-0.1, -0.05) is 35.3 Å². The van der Waals surface area contributed by atoms with Crippen molar-refractivity contribution >= 4 is 57.7 Å². The van der Waals surface area contributed by atoms with Crippen LogP contribution in [0.15, 0.2) is 65.2 Å². The van der Waals surface area contributed by atoms with Crippen molar-refractivity contribution in [2.75, 3.05) is 0 Å². The lowest BCUT2D eigenvalue weighted by atomic mass is 10.1. The molecule has 2 aromatic heterocycles. The van der Waals surface area contributed by atoms with Crippen molar-refractivity contribution in [3.8, 4) is 11.5 Å². The standard InChI is InChI=1S/C21H14Cl2N4O2S/c22-14-7-8-15(16(23)10-14)19(28)27-21(30)25-11-12-3-5-13(6-4-12)20-26-18-17(29-20)2-1-9-24-18/h1-10H,11H2,(H2,25,27,28,30). The van der Waals surface area contributed by atoms with E-state index in [4.69, 9.17) is 39.8 Å². The second kappa shape index (κ2) is 8.79. The zero-order valence-corrected chi connectivity index (χ0v) is 17.7. The fourth-order valence-electron chi connectivity index (χ4n) is 2.73. The number of fused-ring (bicyclic) bond motifs is 1. The summed E-state index contributed by atoms with van der Waals surface area (Å²) in [5, 5.41) is 6.50. The second-order valence-electron chi connectivity index (χ2n) is 6.30. The molecule has 2 heterocycles. The summed E-state index contributed by atoms with van der Waals surface area (Å²) in [4.78, 5) is 20.8. The number of benzene rings is 2. The van der Waals surface area contributed by atoms with Crippen LogP contribution < -0.4 is 10.6 Å². The predicted molar refractivity (Wildman–Crippen MR) is 121 cm³/mol. The van der Waals surface area contributed by atoms with Crippen LogP contribution in [0.4, 0.5) is 0 Å². The van der Waals surface area contributed by atoms with Crippen LogP contribution >= 0.6 is 35.4 Å². The lowest BCUT2D eigenvalue weighted by molar-refractivity contribution is 0.0977. The van der Waals surface area contributed by atoms with Gasteiger partial charge >= 0.3 is 0 Å². The molecule has 0 bridgehead atoms. The molecule has 0 aliphatic heterocycles. The largest absolute Gasteiger partial charge is 0.434 e. The van der Waals surface area contributed by atoms with Gasteiger partial charge in [0.25, 0.3) is 5.91 Å². The molecule has 0 saturated carbocycles. The quantitative estimate of drug-likeness (QED) is 0.420. The van der Waals surface area contributed by atoms with Crippen molar-refractivity contribution in [3.05, 3.63) is 82.0 Å². The summed E-state index contributed by atoms with van der Waals surface area (Å²) >= 11 is 17.1. The third-order valence-electron chi connectivity index (χ3n) is 4.22. The Morgan fingerprint density at radius 3 is 2.63 bits per heavy atom. The van der Waals surface area contributed by atoms with E-state index in [0.29, 0.717) is 34.3 Å². The smallest absolute Gasteiger partial charge is 0.258 e. The van der Waals surface area contributed by atoms with Crippen molar-refractivity contribution in [3.63, 3.8) is 0 Å². The van der Waals surface area contributed by atoms with Gasteiger partial charge in [0.1, 0.15) is 0 Å². The number of hydrogen-bond acceptors (Lipinski definition) is 5. The predicted octanol–water partition coefficient (Wildman–Crippen LogP) is 5.00. The molecule has 0 aliphatic carbocycles. The van der Waals surface area contributed by atoms with Crippen LogP contribution in [0, 0.1) is 0 Å². The normalized spacial score (nSPS) is 10.7. The molecule has 4 aromatic rings. The Labute approximate surface area is 187 Å². The van der Waals surface area contributed by atoms with Crippen molar-refractivity contribution in [1.82, 2.24) is 20.6 Å². The summed E-state index contributed by atoms with van der Waals surface area (Å²) in [5.41, 5.74) is 3.31. The number of carbonyl (C=O) groups excluding carboxylic acids is 1. The monoisotopic (exact) mass is 456 g/mol. The molecular formula is C21H14Cl2N4O2S. The van der Waals surface area contributed by atoms with Gasteiger partial charge in [0.2, 0.25) is 5.89 Å². The number of oxazole rings is 1. The molecule has 30 heavy (non-hydrogen) atoms. The Morgan fingerprint density at radius 1 is 1.10 bits per heavy atom. The van der Waals surface area contributed by atoms with Gasteiger partial charge in [0.15, 0.2) is 16.3 Å². The van der Waals surface area contributed by atoms with Crippen LogP contribution in [0.25, 0.3) is 22.7 Å². The van der Waals surface area contributed by atoms with E-state index < -0.39 is 5.91 Å². The van der Waals surface area contributed by atoms with Crippen molar-refractivity contribution in [2.24, 2.45) is 0 Å². The molecule has 0 aliphatic rings. The molecule has 0 radical (unpaired) electrons. The second-order valence-corrected chi connectivity index (χ2v) is 7.55. The molecule has 2 aromatic carbocycles. The first-order valence-corrected chi connectivity index (χ1v) is 10.0. The number of carbonyl (C=O) groups is 1. The van der Waals surface area contributed by atoms with Crippen LogP contribution in [0.3, 0.4) is 0 Å². The van der Waals surface area contributed by atoms with E-state index in [-0.39, 0.29) is 10.1 Å². The van der Waals surface area contributed by atoms with Crippen molar-refractivity contribution < 1.29 is 9.21 Å². The van der Waals surface area contributed by atoms with E-state index in [1.54, 1.807) is 24.4 Å². The van der Waals surface area contributed by atoms with E-state index >= 15 is 0 Å². The van der Waals surface area contributed by atoms with Gasteiger partial charge in [0, 0.05) is 23.3 Å². The highest BCUT2D eigenvalue weighted by Crippen LogP contribution is 2.23. The summed E-state index contributed by atoms with van der Waals surface area (Å²) in [5.74, 6) is 0.0971. The Morgan fingerprint density at radius 2 is 1.90 bits per heavy atom. The average molecular weight is 457 g/mol. The Balaban J connectivity index is 1.35. The number of thiocarbonyl (C=S) groups is 1. The molecule has 2 N–H and O–H groups in total. The Hall–Kier alpha value is -3.00. The molecule has 150 valence electrons. The summed E-state index contributed by atoms with van der Waals surface area (Å²) in [6.07, 6.45) is 1.67. The van der Waals surface area contributed by atoms with Gasteiger partial charge in [-0.2, -0.15) is 4.98 Å². The zero-order chi connectivity index (χ0) is 21.1. The highest BCUT2D eigenvalue weighted by molar-refractivity contribution is 7.80. The molecule has 0 spiro atoms. The first-order chi connectivity index (χ1) is 14.5. The van der Waals surface area contributed by atoms with E-state index in [2.05, 4.69) is 20.6 Å². The number of amides is 1. The number of rotatable bonds is 4. The minimum absolute atomic E-state index is 0.195. The Kier molecular flexibility index (Phi) is 5.94.